The molecule has 0 amide bonds. The maximum atomic E-state index is 6.22. The summed E-state index contributed by atoms with van der Waals surface area (Å²) in [5.41, 5.74) is 4.59. The van der Waals surface area contributed by atoms with E-state index in [1.54, 1.807) is 17.7 Å². The largest absolute Gasteiger partial charge is 0.497 e. The molecule has 0 aliphatic carbocycles. The SMILES string of the molecule is COc1ccc(-c2c(C)nn3c(Cl)cc(C)nc23)cc1. The molecule has 102 valence electrons. The van der Waals surface area contributed by atoms with E-state index in [1.807, 2.05) is 38.1 Å². The van der Waals surface area contributed by atoms with Crippen molar-refractivity contribution >= 4 is 17.2 Å². The molecule has 0 aliphatic heterocycles. The van der Waals surface area contributed by atoms with E-state index in [9.17, 15) is 0 Å². The second kappa shape index (κ2) is 4.80. The van der Waals surface area contributed by atoms with Gasteiger partial charge in [-0.15, -0.1) is 0 Å². The van der Waals surface area contributed by atoms with E-state index in [2.05, 4.69) is 10.1 Å². The van der Waals surface area contributed by atoms with Crippen molar-refractivity contribution in [3.8, 4) is 16.9 Å². The Kier molecular flexibility index (Phi) is 3.10. The number of rotatable bonds is 2. The van der Waals surface area contributed by atoms with Gasteiger partial charge >= 0.3 is 0 Å². The van der Waals surface area contributed by atoms with Gasteiger partial charge in [-0.05, 0) is 37.6 Å². The minimum Gasteiger partial charge on any atom is -0.497 e. The van der Waals surface area contributed by atoms with Crippen molar-refractivity contribution in [3.63, 3.8) is 0 Å². The third-order valence-electron chi connectivity index (χ3n) is 3.23. The molecule has 0 fully saturated rings. The maximum Gasteiger partial charge on any atom is 0.165 e. The highest BCUT2D eigenvalue weighted by Crippen LogP contribution is 2.30. The summed E-state index contributed by atoms with van der Waals surface area (Å²) in [4.78, 5) is 4.56. The summed E-state index contributed by atoms with van der Waals surface area (Å²) in [6.07, 6.45) is 0. The normalized spacial score (nSPS) is 11.0. The number of fused-ring (bicyclic) bond motifs is 1. The van der Waals surface area contributed by atoms with Gasteiger partial charge in [0.15, 0.2) is 5.65 Å². The van der Waals surface area contributed by atoms with Crippen molar-refractivity contribution in [1.29, 1.82) is 0 Å². The molecule has 0 aliphatic rings. The number of nitrogens with zero attached hydrogens (tertiary/aromatic N) is 3. The number of aromatic nitrogens is 3. The predicted molar refractivity (Wildman–Crippen MR) is 79.5 cm³/mol. The van der Waals surface area contributed by atoms with Crippen LogP contribution in [0.15, 0.2) is 30.3 Å². The van der Waals surface area contributed by atoms with Gasteiger partial charge in [-0.3, -0.25) is 0 Å². The Hall–Kier alpha value is -2.07. The molecule has 0 spiro atoms. The van der Waals surface area contributed by atoms with Gasteiger partial charge in [0, 0.05) is 11.3 Å². The molecule has 1 aromatic carbocycles. The summed E-state index contributed by atoms with van der Waals surface area (Å²) in [7, 11) is 1.65. The second-order valence-corrected chi connectivity index (χ2v) is 5.03. The van der Waals surface area contributed by atoms with Crippen molar-refractivity contribution in [2.45, 2.75) is 13.8 Å². The van der Waals surface area contributed by atoms with Gasteiger partial charge in [0.25, 0.3) is 0 Å². The van der Waals surface area contributed by atoms with Gasteiger partial charge < -0.3 is 4.74 Å². The van der Waals surface area contributed by atoms with Crippen LogP contribution < -0.4 is 4.74 Å². The fourth-order valence-corrected chi connectivity index (χ4v) is 2.57. The third kappa shape index (κ3) is 2.02. The Morgan fingerprint density at radius 3 is 2.50 bits per heavy atom. The zero-order valence-corrected chi connectivity index (χ0v) is 12.3. The van der Waals surface area contributed by atoms with Crippen LogP contribution in [0.5, 0.6) is 5.75 Å². The van der Waals surface area contributed by atoms with Crippen LogP contribution in [0.1, 0.15) is 11.4 Å². The van der Waals surface area contributed by atoms with E-state index < -0.39 is 0 Å². The van der Waals surface area contributed by atoms with Crippen LogP contribution in [0.4, 0.5) is 0 Å². The maximum absolute atomic E-state index is 6.22. The van der Waals surface area contributed by atoms with E-state index in [4.69, 9.17) is 16.3 Å². The molecule has 0 atom stereocenters. The van der Waals surface area contributed by atoms with Crippen molar-refractivity contribution in [3.05, 3.63) is 46.9 Å². The van der Waals surface area contributed by atoms with Gasteiger partial charge in [-0.2, -0.15) is 5.10 Å². The standard InChI is InChI=1S/C15H14ClN3O/c1-9-8-13(16)19-15(17-9)14(10(2)18-19)11-4-6-12(20-3)7-5-11/h4-8H,1-3H3. The molecule has 2 aromatic heterocycles. The summed E-state index contributed by atoms with van der Waals surface area (Å²) in [6, 6.07) is 9.66. The summed E-state index contributed by atoms with van der Waals surface area (Å²) < 4.78 is 6.86. The average molecular weight is 288 g/mol. The quantitative estimate of drug-likeness (QED) is 0.675. The van der Waals surface area contributed by atoms with Gasteiger partial charge in [0.2, 0.25) is 0 Å². The predicted octanol–water partition coefficient (Wildman–Crippen LogP) is 3.68. The molecular weight excluding hydrogens is 274 g/mol. The molecule has 0 saturated carbocycles. The molecule has 3 rings (SSSR count). The highest BCUT2D eigenvalue weighted by atomic mass is 35.5. The lowest BCUT2D eigenvalue weighted by molar-refractivity contribution is 0.415. The van der Waals surface area contributed by atoms with Crippen LogP contribution in [-0.4, -0.2) is 21.7 Å². The molecule has 2 heterocycles. The van der Waals surface area contributed by atoms with E-state index in [1.165, 1.54) is 0 Å². The van der Waals surface area contributed by atoms with Gasteiger partial charge in [-0.25, -0.2) is 9.50 Å². The van der Waals surface area contributed by atoms with Crippen LogP contribution in [0.2, 0.25) is 5.15 Å². The minimum atomic E-state index is 0.565. The first-order valence-electron chi connectivity index (χ1n) is 6.27. The molecule has 20 heavy (non-hydrogen) atoms. The summed E-state index contributed by atoms with van der Waals surface area (Å²) in [5.74, 6) is 0.824. The topological polar surface area (TPSA) is 39.4 Å². The lowest BCUT2D eigenvalue weighted by Gasteiger charge is -2.04. The number of hydrogen-bond donors (Lipinski definition) is 0. The Labute approximate surface area is 122 Å². The number of ether oxygens (including phenoxy) is 1. The number of halogens is 1. The zero-order chi connectivity index (χ0) is 14.3. The third-order valence-corrected chi connectivity index (χ3v) is 3.50. The average Bonchev–Trinajstić information content (AvgIpc) is 2.76. The smallest absolute Gasteiger partial charge is 0.165 e. The van der Waals surface area contributed by atoms with Crippen LogP contribution in [0.25, 0.3) is 16.8 Å². The highest BCUT2D eigenvalue weighted by molar-refractivity contribution is 6.29. The van der Waals surface area contributed by atoms with Gasteiger partial charge in [0.1, 0.15) is 10.9 Å². The van der Waals surface area contributed by atoms with E-state index in [-0.39, 0.29) is 0 Å². The Morgan fingerprint density at radius 1 is 1.15 bits per heavy atom. The van der Waals surface area contributed by atoms with Gasteiger partial charge in [-0.1, -0.05) is 23.7 Å². The van der Waals surface area contributed by atoms with Crippen LogP contribution >= 0.6 is 11.6 Å². The van der Waals surface area contributed by atoms with Crippen molar-refractivity contribution in [1.82, 2.24) is 14.6 Å². The number of aryl methyl sites for hydroxylation is 2. The molecular formula is C15H14ClN3O. The van der Waals surface area contributed by atoms with Crippen molar-refractivity contribution in [2.24, 2.45) is 0 Å². The highest BCUT2D eigenvalue weighted by Gasteiger charge is 2.15. The lowest BCUT2D eigenvalue weighted by Crippen LogP contribution is -1.94. The summed E-state index contributed by atoms with van der Waals surface area (Å²) in [6.45, 7) is 3.88. The first-order valence-corrected chi connectivity index (χ1v) is 6.65. The van der Waals surface area contributed by atoms with Crippen LogP contribution in [0.3, 0.4) is 0 Å². The Balaban J connectivity index is 2.26. The number of benzene rings is 1. The monoisotopic (exact) mass is 287 g/mol. The molecule has 0 N–H and O–H groups in total. The van der Waals surface area contributed by atoms with Crippen molar-refractivity contribution < 1.29 is 4.74 Å². The second-order valence-electron chi connectivity index (χ2n) is 4.64. The molecule has 0 bridgehead atoms. The Morgan fingerprint density at radius 2 is 1.85 bits per heavy atom. The van der Waals surface area contributed by atoms with E-state index in [0.29, 0.717) is 5.15 Å². The Bertz CT molecular complexity index is 778. The fourth-order valence-electron chi connectivity index (χ4n) is 2.30. The summed E-state index contributed by atoms with van der Waals surface area (Å²) >= 11 is 6.22. The van der Waals surface area contributed by atoms with Crippen LogP contribution in [-0.2, 0) is 0 Å². The molecule has 3 aromatic rings. The zero-order valence-electron chi connectivity index (χ0n) is 11.5. The van der Waals surface area contributed by atoms with Gasteiger partial charge in [0.05, 0.1) is 12.8 Å². The number of hydrogen-bond acceptors (Lipinski definition) is 3. The first-order chi connectivity index (χ1) is 9.60. The fraction of sp³-hybridized carbons (Fsp3) is 0.200. The first kappa shape index (κ1) is 12.9. The number of methoxy groups -OCH3 is 1. The molecule has 5 heteroatoms. The minimum absolute atomic E-state index is 0.565. The molecule has 0 radical (unpaired) electrons. The van der Waals surface area contributed by atoms with E-state index >= 15 is 0 Å². The molecule has 0 saturated heterocycles. The molecule has 0 unspecified atom stereocenters. The lowest BCUT2D eigenvalue weighted by atomic mass is 10.1. The van der Waals surface area contributed by atoms with Crippen LogP contribution in [0, 0.1) is 13.8 Å². The summed E-state index contributed by atoms with van der Waals surface area (Å²) in [5, 5.41) is 5.03. The van der Waals surface area contributed by atoms with E-state index in [0.717, 1.165) is 33.9 Å². The van der Waals surface area contributed by atoms with Crippen molar-refractivity contribution in [2.75, 3.05) is 7.11 Å². The molecule has 4 nitrogen and oxygen atoms in total.